The van der Waals surface area contributed by atoms with Crippen LogP contribution in [-0.2, 0) is 27.4 Å². The molecule has 5 nitrogen and oxygen atoms in total. The Balaban J connectivity index is 1.68. The first kappa shape index (κ1) is 23.6. The molecule has 0 aliphatic heterocycles. The number of rotatable bonds is 6. The quantitative estimate of drug-likeness (QED) is 0.514. The molecule has 0 fully saturated rings. The molecular formula is C22H18ClF3N2O3S. The topological polar surface area (TPSA) is 66.5 Å². The maximum atomic E-state index is 12.8. The third-order valence-electron chi connectivity index (χ3n) is 4.61. The minimum absolute atomic E-state index is 0.0373. The summed E-state index contributed by atoms with van der Waals surface area (Å²) in [6.45, 7) is 0. The van der Waals surface area contributed by atoms with Crippen LogP contribution in [0.25, 0.3) is 0 Å². The molecule has 3 aromatic carbocycles. The summed E-state index contributed by atoms with van der Waals surface area (Å²) in [7, 11) is -2.40. The number of nitrogens with zero attached hydrogens (tertiary/aromatic N) is 1. The van der Waals surface area contributed by atoms with E-state index in [-0.39, 0.29) is 17.0 Å². The fourth-order valence-electron chi connectivity index (χ4n) is 2.89. The Morgan fingerprint density at radius 1 is 1.00 bits per heavy atom. The lowest BCUT2D eigenvalue weighted by atomic mass is 10.1. The number of hydrogen-bond acceptors (Lipinski definition) is 3. The molecule has 0 heterocycles. The van der Waals surface area contributed by atoms with Crippen LogP contribution in [0.3, 0.4) is 0 Å². The number of sulfonamides is 1. The fraction of sp³-hybridized carbons (Fsp3) is 0.136. The molecule has 10 heteroatoms. The number of nitrogens with one attached hydrogen (secondary N) is 1. The molecule has 168 valence electrons. The van der Waals surface area contributed by atoms with Gasteiger partial charge in [-0.05, 0) is 60.2 Å². The van der Waals surface area contributed by atoms with Gasteiger partial charge in [0.1, 0.15) is 0 Å². The lowest BCUT2D eigenvalue weighted by molar-refractivity contribution is -0.137. The van der Waals surface area contributed by atoms with Crippen LogP contribution in [-0.4, -0.2) is 21.4 Å². The maximum absolute atomic E-state index is 12.8. The van der Waals surface area contributed by atoms with Gasteiger partial charge < -0.3 is 5.32 Å². The van der Waals surface area contributed by atoms with Crippen LogP contribution < -0.4 is 9.62 Å². The molecule has 0 aliphatic rings. The first-order chi connectivity index (χ1) is 15.0. The van der Waals surface area contributed by atoms with E-state index in [1.807, 2.05) is 0 Å². The summed E-state index contributed by atoms with van der Waals surface area (Å²) in [5.41, 5.74) is 0.123. The Morgan fingerprint density at radius 3 is 2.22 bits per heavy atom. The van der Waals surface area contributed by atoms with Crippen LogP contribution in [0, 0.1) is 0 Å². The van der Waals surface area contributed by atoms with Gasteiger partial charge in [0.2, 0.25) is 5.91 Å². The summed E-state index contributed by atoms with van der Waals surface area (Å²) in [4.78, 5) is 12.3. The molecule has 0 saturated heterocycles. The summed E-state index contributed by atoms with van der Waals surface area (Å²) in [5, 5.41) is 2.85. The van der Waals surface area contributed by atoms with Crippen molar-refractivity contribution in [2.75, 3.05) is 16.7 Å². The van der Waals surface area contributed by atoms with Crippen LogP contribution in [0.1, 0.15) is 11.1 Å². The molecule has 1 amide bonds. The summed E-state index contributed by atoms with van der Waals surface area (Å²) >= 11 is 5.80. The van der Waals surface area contributed by atoms with E-state index in [0.29, 0.717) is 16.3 Å². The van der Waals surface area contributed by atoms with E-state index in [9.17, 15) is 26.4 Å². The van der Waals surface area contributed by atoms with Crippen molar-refractivity contribution in [1.29, 1.82) is 0 Å². The largest absolute Gasteiger partial charge is 0.416 e. The Labute approximate surface area is 188 Å². The smallest absolute Gasteiger partial charge is 0.326 e. The van der Waals surface area contributed by atoms with Crippen LogP contribution >= 0.6 is 11.6 Å². The van der Waals surface area contributed by atoms with Crippen LogP contribution in [0.4, 0.5) is 24.5 Å². The summed E-state index contributed by atoms with van der Waals surface area (Å²) in [6, 6.07) is 16.4. The second kappa shape index (κ2) is 9.22. The molecule has 0 atom stereocenters. The zero-order chi connectivity index (χ0) is 23.5. The van der Waals surface area contributed by atoms with Crippen molar-refractivity contribution in [3.05, 3.63) is 88.9 Å². The van der Waals surface area contributed by atoms with E-state index in [2.05, 4.69) is 5.32 Å². The number of alkyl halides is 3. The van der Waals surface area contributed by atoms with Gasteiger partial charge in [-0.15, -0.1) is 0 Å². The van der Waals surface area contributed by atoms with Crippen LogP contribution in [0.15, 0.2) is 77.7 Å². The van der Waals surface area contributed by atoms with Crippen molar-refractivity contribution in [1.82, 2.24) is 0 Å². The molecule has 0 unspecified atom stereocenters. The molecule has 0 aromatic heterocycles. The highest BCUT2D eigenvalue weighted by molar-refractivity contribution is 7.92. The highest BCUT2D eigenvalue weighted by atomic mass is 35.5. The summed E-state index contributed by atoms with van der Waals surface area (Å²) in [5.74, 6) is -0.501. The van der Waals surface area contributed by atoms with Crippen molar-refractivity contribution < 1.29 is 26.4 Å². The highest BCUT2D eigenvalue weighted by Gasteiger charge is 2.30. The zero-order valence-corrected chi connectivity index (χ0v) is 18.3. The van der Waals surface area contributed by atoms with Gasteiger partial charge in [-0.3, -0.25) is 9.10 Å². The molecule has 0 spiro atoms. The number of amides is 1. The van der Waals surface area contributed by atoms with Gasteiger partial charge in [0, 0.05) is 17.8 Å². The molecule has 0 saturated carbocycles. The summed E-state index contributed by atoms with van der Waals surface area (Å²) < 4.78 is 65.0. The summed E-state index contributed by atoms with van der Waals surface area (Å²) in [6.07, 6.45) is -4.60. The predicted octanol–water partition coefficient (Wildman–Crippen LogP) is 5.37. The van der Waals surface area contributed by atoms with Gasteiger partial charge >= 0.3 is 6.18 Å². The Bertz CT molecular complexity index is 1210. The molecule has 32 heavy (non-hydrogen) atoms. The molecule has 0 radical (unpaired) electrons. The van der Waals surface area contributed by atoms with Crippen molar-refractivity contribution in [3.63, 3.8) is 0 Å². The molecule has 3 rings (SSSR count). The van der Waals surface area contributed by atoms with Gasteiger partial charge in [0.15, 0.2) is 0 Å². The number of hydrogen-bond donors (Lipinski definition) is 1. The number of halogens is 4. The third-order valence-corrected chi connectivity index (χ3v) is 6.66. The Kier molecular flexibility index (Phi) is 6.80. The predicted molar refractivity (Wildman–Crippen MR) is 117 cm³/mol. The molecule has 1 N–H and O–H groups in total. The maximum Gasteiger partial charge on any atom is 0.416 e. The molecular weight excluding hydrogens is 465 g/mol. The standard InChI is InChI=1S/C22H18ClF3N2O3S/c1-28(32(30,31)20-11-7-17(23)8-12-20)19-9-5-15(6-10-19)13-21(29)27-18-4-2-3-16(14-18)22(24,25)26/h2-12,14H,13H2,1H3,(H,27,29). The molecule has 0 bridgehead atoms. The van der Waals surface area contributed by atoms with Crippen molar-refractivity contribution in [2.45, 2.75) is 17.5 Å². The van der Waals surface area contributed by atoms with E-state index in [1.54, 1.807) is 24.3 Å². The van der Waals surface area contributed by atoms with Gasteiger partial charge in [-0.1, -0.05) is 29.8 Å². The van der Waals surface area contributed by atoms with E-state index in [1.165, 1.54) is 43.4 Å². The minimum atomic E-state index is -4.51. The van der Waals surface area contributed by atoms with Gasteiger partial charge in [-0.25, -0.2) is 8.42 Å². The third kappa shape index (κ3) is 5.60. The minimum Gasteiger partial charge on any atom is -0.326 e. The SMILES string of the molecule is CN(c1ccc(CC(=O)Nc2cccc(C(F)(F)F)c2)cc1)S(=O)(=O)c1ccc(Cl)cc1. The van der Waals surface area contributed by atoms with Crippen LogP contribution in [0.2, 0.25) is 5.02 Å². The lowest BCUT2D eigenvalue weighted by Crippen LogP contribution is -2.26. The second-order valence-corrected chi connectivity index (χ2v) is 9.30. The van der Waals surface area contributed by atoms with Crippen LogP contribution in [0.5, 0.6) is 0 Å². The molecule has 0 aliphatic carbocycles. The monoisotopic (exact) mass is 482 g/mol. The van der Waals surface area contributed by atoms with E-state index in [0.717, 1.165) is 16.4 Å². The zero-order valence-electron chi connectivity index (χ0n) is 16.7. The van der Waals surface area contributed by atoms with E-state index >= 15 is 0 Å². The van der Waals surface area contributed by atoms with Crippen molar-refractivity contribution in [3.8, 4) is 0 Å². The number of anilines is 2. The Hall–Kier alpha value is -3.04. The molecule has 3 aromatic rings. The average Bonchev–Trinajstić information content (AvgIpc) is 2.73. The van der Waals surface area contributed by atoms with Gasteiger partial charge in [0.05, 0.1) is 22.6 Å². The van der Waals surface area contributed by atoms with Gasteiger partial charge in [-0.2, -0.15) is 13.2 Å². The van der Waals surface area contributed by atoms with Crippen molar-refractivity contribution >= 4 is 38.9 Å². The van der Waals surface area contributed by atoms with E-state index in [4.69, 9.17) is 11.6 Å². The number of carbonyl (C=O) groups excluding carboxylic acids is 1. The lowest BCUT2D eigenvalue weighted by Gasteiger charge is -2.20. The highest BCUT2D eigenvalue weighted by Crippen LogP contribution is 2.30. The van der Waals surface area contributed by atoms with E-state index < -0.39 is 27.7 Å². The second-order valence-electron chi connectivity index (χ2n) is 6.90. The van der Waals surface area contributed by atoms with Crippen molar-refractivity contribution in [2.24, 2.45) is 0 Å². The first-order valence-electron chi connectivity index (χ1n) is 9.27. The normalized spacial score (nSPS) is 11.8. The Morgan fingerprint density at radius 2 is 1.62 bits per heavy atom. The fourth-order valence-corrected chi connectivity index (χ4v) is 4.21. The average molecular weight is 483 g/mol. The number of carbonyl (C=O) groups is 1. The van der Waals surface area contributed by atoms with Gasteiger partial charge in [0.25, 0.3) is 10.0 Å². The first-order valence-corrected chi connectivity index (χ1v) is 11.1. The number of benzene rings is 3.